The number of carbonyl (C=O) groups excluding carboxylic acids is 1. The standard InChI is InChI=1S/C27H31N5O4/c1-16(2)35-25-9-7-20(11-22(25)12-28)27-31-26(32-36-27)19-6-8-23-18(10-19)4-5-21(13-30-23)24(34)14-29-17(3)15-33/h6-11,16-17,21,29-30,33H,4-5,13-15H2,1-3H3/t17-,21?/m0/s1. The molecule has 1 unspecified atom stereocenters. The van der Waals surface area contributed by atoms with Crippen LogP contribution in [0.2, 0.25) is 0 Å². The Kier molecular flexibility index (Phi) is 7.98. The Morgan fingerprint density at radius 1 is 1.28 bits per heavy atom. The Hall–Kier alpha value is -3.74. The number of ether oxygens (including phenoxy) is 1. The summed E-state index contributed by atoms with van der Waals surface area (Å²) >= 11 is 0. The average Bonchev–Trinajstić information content (AvgIpc) is 3.28. The average molecular weight is 490 g/mol. The highest BCUT2D eigenvalue weighted by Gasteiger charge is 2.23. The summed E-state index contributed by atoms with van der Waals surface area (Å²) in [6.45, 7) is 6.48. The first kappa shape index (κ1) is 25.4. The summed E-state index contributed by atoms with van der Waals surface area (Å²) in [5.74, 6) is 1.33. The molecule has 3 aromatic rings. The minimum Gasteiger partial charge on any atom is -0.490 e. The van der Waals surface area contributed by atoms with E-state index in [0.29, 0.717) is 35.1 Å². The molecule has 2 aromatic carbocycles. The number of aliphatic hydroxyl groups excluding tert-OH is 1. The minimum absolute atomic E-state index is 0.000439. The van der Waals surface area contributed by atoms with Crippen molar-refractivity contribution in [1.82, 2.24) is 15.5 Å². The van der Waals surface area contributed by atoms with Gasteiger partial charge in [-0.15, -0.1) is 0 Å². The number of anilines is 1. The number of ketones is 1. The van der Waals surface area contributed by atoms with E-state index < -0.39 is 0 Å². The molecule has 0 saturated heterocycles. The molecule has 0 bridgehead atoms. The SMILES string of the molecule is CC(C)Oc1ccc(-c2nc(-c3ccc4c(c3)CCC(C(=O)CN[C@@H](C)CO)CN4)no2)cc1C#N. The molecule has 9 heteroatoms. The maximum atomic E-state index is 12.6. The lowest BCUT2D eigenvalue weighted by Gasteiger charge is -2.16. The van der Waals surface area contributed by atoms with E-state index in [2.05, 4.69) is 26.8 Å². The van der Waals surface area contributed by atoms with Crippen LogP contribution >= 0.6 is 0 Å². The first-order chi connectivity index (χ1) is 17.4. The summed E-state index contributed by atoms with van der Waals surface area (Å²) in [6, 6.07) is 13.2. The number of carbonyl (C=O) groups is 1. The minimum atomic E-state index is -0.106. The van der Waals surface area contributed by atoms with E-state index in [1.807, 2.05) is 39.0 Å². The van der Waals surface area contributed by atoms with Crippen molar-refractivity contribution in [3.05, 3.63) is 47.5 Å². The summed E-state index contributed by atoms with van der Waals surface area (Å²) in [6.07, 6.45) is 1.44. The van der Waals surface area contributed by atoms with Crippen LogP contribution in [0.1, 0.15) is 38.3 Å². The second-order valence-corrected chi connectivity index (χ2v) is 9.33. The van der Waals surface area contributed by atoms with Gasteiger partial charge < -0.3 is 25.0 Å². The Morgan fingerprint density at radius 3 is 2.83 bits per heavy atom. The number of hydrogen-bond donors (Lipinski definition) is 3. The van der Waals surface area contributed by atoms with Gasteiger partial charge in [0.25, 0.3) is 5.89 Å². The van der Waals surface area contributed by atoms with Crippen molar-refractivity contribution in [2.24, 2.45) is 5.92 Å². The zero-order valence-electron chi connectivity index (χ0n) is 20.7. The molecule has 0 radical (unpaired) electrons. The van der Waals surface area contributed by atoms with Gasteiger partial charge in [-0.2, -0.15) is 10.2 Å². The maximum Gasteiger partial charge on any atom is 0.258 e. The summed E-state index contributed by atoms with van der Waals surface area (Å²) in [7, 11) is 0. The Bertz CT molecular complexity index is 1260. The van der Waals surface area contributed by atoms with Crippen LogP contribution in [-0.2, 0) is 11.2 Å². The van der Waals surface area contributed by atoms with E-state index in [1.165, 1.54) is 0 Å². The van der Waals surface area contributed by atoms with Gasteiger partial charge in [0.15, 0.2) is 5.78 Å². The predicted octanol–water partition coefficient (Wildman–Crippen LogP) is 3.58. The van der Waals surface area contributed by atoms with Crippen LogP contribution in [0.25, 0.3) is 22.8 Å². The molecule has 0 amide bonds. The van der Waals surface area contributed by atoms with E-state index in [0.717, 1.165) is 29.7 Å². The third-order valence-corrected chi connectivity index (χ3v) is 6.15. The summed E-state index contributed by atoms with van der Waals surface area (Å²) in [5.41, 5.74) is 3.95. The molecule has 0 spiro atoms. The molecule has 0 fully saturated rings. The molecule has 2 atom stereocenters. The predicted molar refractivity (Wildman–Crippen MR) is 136 cm³/mol. The molecule has 188 valence electrons. The first-order valence-corrected chi connectivity index (χ1v) is 12.2. The molecule has 36 heavy (non-hydrogen) atoms. The highest BCUT2D eigenvalue weighted by Crippen LogP contribution is 2.31. The van der Waals surface area contributed by atoms with Gasteiger partial charge in [0.1, 0.15) is 11.8 Å². The number of nitrogens with zero attached hydrogens (tertiary/aromatic N) is 3. The topological polar surface area (TPSA) is 133 Å². The summed E-state index contributed by atoms with van der Waals surface area (Å²) < 4.78 is 11.2. The fourth-order valence-electron chi connectivity index (χ4n) is 4.10. The van der Waals surface area contributed by atoms with Crippen LogP contribution in [0, 0.1) is 17.2 Å². The van der Waals surface area contributed by atoms with Crippen molar-refractivity contribution in [2.75, 3.05) is 25.0 Å². The lowest BCUT2D eigenvalue weighted by molar-refractivity contribution is -0.121. The van der Waals surface area contributed by atoms with E-state index in [9.17, 15) is 10.1 Å². The monoisotopic (exact) mass is 489 g/mol. The quantitative estimate of drug-likeness (QED) is 0.412. The van der Waals surface area contributed by atoms with Gasteiger partial charge in [-0.3, -0.25) is 4.79 Å². The molecule has 1 aliphatic rings. The van der Waals surface area contributed by atoms with Crippen LogP contribution in [0.15, 0.2) is 40.9 Å². The van der Waals surface area contributed by atoms with Gasteiger partial charge >= 0.3 is 0 Å². The lowest BCUT2D eigenvalue weighted by atomic mass is 9.96. The molecule has 9 nitrogen and oxygen atoms in total. The van der Waals surface area contributed by atoms with Crippen molar-refractivity contribution in [3.63, 3.8) is 0 Å². The number of aryl methyl sites for hydroxylation is 1. The number of nitrogens with one attached hydrogen (secondary N) is 2. The number of fused-ring (bicyclic) bond motifs is 1. The maximum absolute atomic E-state index is 12.6. The molecule has 4 rings (SSSR count). The molecule has 1 aliphatic heterocycles. The number of rotatable bonds is 9. The van der Waals surface area contributed by atoms with Gasteiger partial charge in [-0.25, -0.2) is 0 Å². The molecule has 0 aliphatic carbocycles. The van der Waals surface area contributed by atoms with Gasteiger partial charge in [0.05, 0.1) is 24.8 Å². The van der Waals surface area contributed by atoms with Gasteiger partial charge in [-0.05, 0) is 75.6 Å². The fraction of sp³-hybridized carbons (Fsp3) is 0.407. The number of Topliss-reactive ketones (excluding diaryl/α,β-unsaturated/α-hetero) is 1. The third-order valence-electron chi connectivity index (χ3n) is 6.15. The second kappa shape index (κ2) is 11.3. The van der Waals surface area contributed by atoms with Crippen molar-refractivity contribution >= 4 is 11.5 Å². The Morgan fingerprint density at radius 2 is 2.08 bits per heavy atom. The Labute approximate surface area is 210 Å². The zero-order chi connectivity index (χ0) is 25.7. The van der Waals surface area contributed by atoms with Gasteiger partial charge in [0.2, 0.25) is 5.82 Å². The highest BCUT2D eigenvalue weighted by molar-refractivity contribution is 5.84. The van der Waals surface area contributed by atoms with E-state index in [-0.39, 0.29) is 37.0 Å². The first-order valence-electron chi connectivity index (χ1n) is 12.2. The van der Waals surface area contributed by atoms with E-state index in [1.54, 1.807) is 18.2 Å². The van der Waals surface area contributed by atoms with Crippen LogP contribution in [0.3, 0.4) is 0 Å². The third kappa shape index (κ3) is 5.90. The van der Waals surface area contributed by atoms with Crippen LogP contribution in [-0.4, -0.2) is 52.9 Å². The van der Waals surface area contributed by atoms with E-state index >= 15 is 0 Å². The van der Waals surface area contributed by atoms with E-state index in [4.69, 9.17) is 14.4 Å². The molecule has 0 saturated carbocycles. The van der Waals surface area contributed by atoms with Crippen molar-refractivity contribution in [3.8, 4) is 34.7 Å². The number of aliphatic hydroxyl groups is 1. The Balaban J connectivity index is 1.48. The van der Waals surface area contributed by atoms with Gasteiger partial charge in [-0.1, -0.05) is 5.16 Å². The number of hydrogen-bond acceptors (Lipinski definition) is 9. The van der Waals surface area contributed by atoms with Gasteiger partial charge in [0, 0.05) is 35.3 Å². The lowest BCUT2D eigenvalue weighted by Crippen LogP contribution is -2.37. The van der Waals surface area contributed by atoms with Crippen LogP contribution < -0.4 is 15.4 Å². The molecular formula is C27H31N5O4. The molecular weight excluding hydrogens is 458 g/mol. The van der Waals surface area contributed by atoms with Crippen molar-refractivity contribution in [1.29, 1.82) is 5.26 Å². The van der Waals surface area contributed by atoms with Crippen LogP contribution in [0.5, 0.6) is 5.75 Å². The van der Waals surface area contributed by atoms with Crippen LogP contribution in [0.4, 0.5) is 5.69 Å². The summed E-state index contributed by atoms with van der Waals surface area (Å²) in [4.78, 5) is 17.2. The second-order valence-electron chi connectivity index (χ2n) is 9.33. The van der Waals surface area contributed by atoms with Crippen molar-refractivity contribution < 1.29 is 19.2 Å². The zero-order valence-corrected chi connectivity index (χ0v) is 20.7. The molecule has 2 heterocycles. The molecule has 3 N–H and O–H groups in total. The number of benzene rings is 2. The normalized spacial score (nSPS) is 15.9. The van der Waals surface area contributed by atoms with Crippen molar-refractivity contribution in [2.45, 2.75) is 45.8 Å². The summed E-state index contributed by atoms with van der Waals surface area (Å²) in [5, 5.41) is 29.3. The highest BCUT2D eigenvalue weighted by atomic mass is 16.5. The number of aromatic nitrogens is 2. The largest absolute Gasteiger partial charge is 0.490 e. The molecule has 1 aromatic heterocycles. The smallest absolute Gasteiger partial charge is 0.258 e. The number of nitriles is 1. The fourth-order valence-corrected chi connectivity index (χ4v) is 4.10.